The molecule has 0 aliphatic heterocycles. The smallest absolute Gasteiger partial charge is 0.260 e. The molecule has 0 radical (unpaired) electrons. The van der Waals surface area contributed by atoms with Crippen LogP contribution in [0.15, 0.2) is 64.6 Å². The number of aromatic nitrogens is 3. The number of nitrogens with one attached hydrogen (secondary N) is 2. The van der Waals surface area contributed by atoms with E-state index in [1.54, 1.807) is 6.07 Å². The van der Waals surface area contributed by atoms with Crippen LogP contribution in [0.1, 0.15) is 17.3 Å². The van der Waals surface area contributed by atoms with Crippen LogP contribution in [-0.2, 0) is 6.54 Å². The number of aromatic amines is 1. The van der Waals surface area contributed by atoms with Crippen molar-refractivity contribution in [1.29, 1.82) is 0 Å². The Morgan fingerprint density at radius 3 is 2.68 bits per heavy atom. The Morgan fingerprint density at radius 1 is 1.21 bits per heavy atom. The number of carbonyl (C=O) groups excluding carboxylic acids is 1. The molecule has 3 rings (SSSR count). The predicted molar refractivity (Wildman–Crippen MR) is 104 cm³/mol. The fraction of sp³-hybridized carbons (Fsp3) is 0.200. The van der Waals surface area contributed by atoms with Gasteiger partial charge in [0.1, 0.15) is 11.3 Å². The van der Waals surface area contributed by atoms with Crippen molar-refractivity contribution in [3.05, 3.63) is 81.3 Å². The summed E-state index contributed by atoms with van der Waals surface area (Å²) in [5.41, 5.74) is 0.705. The van der Waals surface area contributed by atoms with Crippen LogP contribution in [0.5, 0.6) is 5.75 Å². The molecule has 8 heteroatoms. The van der Waals surface area contributed by atoms with Crippen molar-refractivity contribution < 1.29 is 9.53 Å². The lowest BCUT2D eigenvalue weighted by Crippen LogP contribution is -2.33. The van der Waals surface area contributed by atoms with Gasteiger partial charge in [0.05, 0.1) is 18.6 Å². The third-order valence-electron chi connectivity index (χ3n) is 4.04. The highest BCUT2D eigenvalue weighted by molar-refractivity contribution is 5.93. The molecular weight excluding hydrogens is 360 g/mol. The zero-order valence-electron chi connectivity index (χ0n) is 15.3. The number of pyridine rings is 1. The molecule has 28 heavy (non-hydrogen) atoms. The Morgan fingerprint density at radius 2 is 2.00 bits per heavy atom. The number of benzene rings is 1. The Labute approximate surface area is 160 Å². The summed E-state index contributed by atoms with van der Waals surface area (Å²) in [5.74, 6) is 0.265. The highest BCUT2D eigenvalue weighted by atomic mass is 16.5. The van der Waals surface area contributed by atoms with Crippen LogP contribution in [0.25, 0.3) is 11.3 Å². The largest absolute Gasteiger partial charge is 0.494 e. The lowest BCUT2D eigenvalue weighted by atomic mass is 10.1. The topological polar surface area (TPSA) is 106 Å². The van der Waals surface area contributed by atoms with E-state index < -0.39 is 11.5 Å². The van der Waals surface area contributed by atoms with Crippen molar-refractivity contribution in [3.63, 3.8) is 0 Å². The summed E-state index contributed by atoms with van der Waals surface area (Å²) < 4.78 is 6.80. The Hall–Kier alpha value is -3.68. The van der Waals surface area contributed by atoms with Crippen molar-refractivity contribution in [1.82, 2.24) is 19.9 Å². The second-order valence-corrected chi connectivity index (χ2v) is 5.93. The summed E-state index contributed by atoms with van der Waals surface area (Å²) in [6.45, 7) is 2.93. The first-order valence-corrected chi connectivity index (χ1v) is 8.84. The molecule has 2 heterocycles. The van der Waals surface area contributed by atoms with Crippen molar-refractivity contribution in [2.75, 3.05) is 13.2 Å². The zero-order chi connectivity index (χ0) is 19.9. The molecule has 0 atom stereocenters. The van der Waals surface area contributed by atoms with Gasteiger partial charge < -0.3 is 15.0 Å². The first-order chi connectivity index (χ1) is 13.6. The molecule has 0 spiro atoms. The second kappa shape index (κ2) is 8.81. The fourth-order valence-electron chi connectivity index (χ4n) is 2.63. The van der Waals surface area contributed by atoms with Gasteiger partial charge in [0, 0.05) is 30.9 Å². The van der Waals surface area contributed by atoms with Crippen LogP contribution in [0.3, 0.4) is 0 Å². The molecule has 3 aromatic rings. The van der Waals surface area contributed by atoms with Crippen molar-refractivity contribution in [3.8, 4) is 17.0 Å². The fourth-order valence-corrected chi connectivity index (χ4v) is 2.63. The molecular formula is C20H20N4O4. The number of hydrogen-bond donors (Lipinski definition) is 2. The van der Waals surface area contributed by atoms with Crippen LogP contribution in [0.4, 0.5) is 0 Å². The van der Waals surface area contributed by atoms with Gasteiger partial charge in [-0.3, -0.25) is 19.0 Å². The lowest BCUT2D eigenvalue weighted by Gasteiger charge is -2.08. The van der Waals surface area contributed by atoms with E-state index in [9.17, 15) is 14.4 Å². The average molecular weight is 380 g/mol. The van der Waals surface area contributed by atoms with Gasteiger partial charge in [-0.25, -0.2) is 4.98 Å². The van der Waals surface area contributed by atoms with Crippen LogP contribution >= 0.6 is 0 Å². The third kappa shape index (κ3) is 4.53. The van der Waals surface area contributed by atoms with Crippen molar-refractivity contribution in [2.45, 2.75) is 13.5 Å². The maximum atomic E-state index is 12.3. The molecule has 8 nitrogen and oxygen atoms in total. The molecule has 144 valence electrons. The Bertz CT molecular complexity index is 1070. The van der Waals surface area contributed by atoms with Gasteiger partial charge in [-0.2, -0.15) is 0 Å². The quantitative estimate of drug-likeness (QED) is 0.645. The first kappa shape index (κ1) is 19.1. The molecule has 1 aromatic carbocycles. The van der Waals surface area contributed by atoms with E-state index in [1.807, 2.05) is 31.2 Å². The van der Waals surface area contributed by atoms with E-state index in [1.165, 1.54) is 29.2 Å². The van der Waals surface area contributed by atoms with E-state index >= 15 is 0 Å². The van der Waals surface area contributed by atoms with Crippen LogP contribution in [0, 0.1) is 0 Å². The molecule has 0 unspecified atom stereocenters. The minimum atomic E-state index is -0.492. The van der Waals surface area contributed by atoms with E-state index in [4.69, 9.17) is 4.74 Å². The van der Waals surface area contributed by atoms with E-state index in [0.717, 1.165) is 11.3 Å². The molecule has 1 amide bonds. The minimum absolute atomic E-state index is 0.0267. The van der Waals surface area contributed by atoms with Crippen LogP contribution in [-0.4, -0.2) is 33.6 Å². The number of amides is 1. The highest BCUT2D eigenvalue weighted by Crippen LogP contribution is 2.19. The minimum Gasteiger partial charge on any atom is -0.494 e. The van der Waals surface area contributed by atoms with E-state index in [2.05, 4.69) is 15.3 Å². The molecule has 0 saturated carbocycles. The lowest BCUT2D eigenvalue weighted by molar-refractivity contribution is 0.0950. The molecule has 0 fully saturated rings. The molecule has 0 aliphatic carbocycles. The maximum Gasteiger partial charge on any atom is 0.260 e. The second-order valence-electron chi connectivity index (χ2n) is 5.93. The van der Waals surface area contributed by atoms with Gasteiger partial charge in [-0.05, 0) is 43.3 Å². The van der Waals surface area contributed by atoms with Crippen molar-refractivity contribution in [2.24, 2.45) is 0 Å². The summed E-state index contributed by atoms with van der Waals surface area (Å²) in [7, 11) is 0. The maximum absolute atomic E-state index is 12.3. The highest BCUT2D eigenvalue weighted by Gasteiger charge is 2.09. The predicted octanol–water partition coefficient (Wildman–Crippen LogP) is 1.43. The zero-order valence-corrected chi connectivity index (χ0v) is 15.3. The Balaban J connectivity index is 1.63. The molecule has 0 aliphatic rings. The molecule has 0 bridgehead atoms. The third-order valence-corrected chi connectivity index (χ3v) is 4.04. The summed E-state index contributed by atoms with van der Waals surface area (Å²) >= 11 is 0. The van der Waals surface area contributed by atoms with Crippen molar-refractivity contribution >= 4 is 5.91 Å². The van der Waals surface area contributed by atoms with Gasteiger partial charge in [-0.1, -0.05) is 0 Å². The number of ether oxygens (including phenoxy) is 1. The van der Waals surface area contributed by atoms with Gasteiger partial charge >= 0.3 is 0 Å². The summed E-state index contributed by atoms with van der Waals surface area (Å²) in [6, 6.07) is 11.8. The molecule has 2 N–H and O–H groups in total. The Kier molecular flexibility index (Phi) is 6.01. The monoisotopic (exact) mass is 380 g/mol. The number of H-pyrrole nitrogens is 1. The molecule has 0 saturated heterocycles. The summed E-state index contributed by atoms with van der Waals surface area (Å²) in [4.78, 5) is 42.7. The van der Waals surface area contributed by atoms with E-state index in [0.29, 0.717) is 12.3 Å². The molecule has 2 aromatic heterocycles. The number of nitrogens with zero attached hydrogens (tertiary/aromatic N) is 2. The van der Waals surface area contributed by atoms with E-state index in [-0.39, 0.29) is 24.2 Å². The summed E-state index contributed by atoms with van der Waals surface area (Å²) in [5, 5.41) is 2.62. The van der Waals surface area contributed by atoms with Gasteiger partial charge in [-0.15, -0.1) is 0 Å². The van der Waals surface area contributed by atoms with Crippen LogP contribution in [0.2, 0.25) is 0 Å². The number of carbonyl (C=O) groups is 1. The summed E-state index contributed by atoms with van der Waals surface area (Å²) in [6.07, 6.45) is 2.89. The normalized spacial score (nSPS) is 10.5. The average Bonchev–Trinajstić information content (AvgIpc) is 2.70. The first-order valence-electron chi connectivity index (χ1n) is 8.84. The number of rotatable bonds is 7. The standard InChI is InChI=1S/C20H20N4O4/c1-2-28-15-7-5-14(6-8-15)17-12-18(25)24(13-23-17)11-10-22-20(27)16-4-3-9-21-19(16)26/h3-9,12-13H,2,10-11H2,1H3,(H,21,26)(H,22,27). The van der Waals surface area contributed by atoms with Gasteiger partial charge in [0.15, 0.2) is 0 Å². The van der Waals surface area contributed by atoms with Gasteiger partial charge in [0.2, 0.25) is 0 Å². The van der Waals surface area contributed by atoms with Crippen LogP contribution < -0.4 is 21.2 Å². The number of hydrogen-bond acceptors (Lipinski definition) is 5. The van der Waals surface area contributed by atoms with Gasteiger partial charge in [0.25, 0.3) is 17.0 Å². The SMILES string of the molecule is CCOc1ccc(-c2cc(=O)n(CCNC(=O)c3ccc[nH]c3=O)cn2)cc1.